The quantitative estimate of drug-likeness (QED) is 0.269. The van der Waals surface area contributed by atoms with Crippen LogP contribution < -0.4 is 15.0 Å². The highest BCUT2D eigenvalue weighted by molar-refractivity contribution is 5.78. The molecule has 2 heterocycles. The lowest BCUT2D eigenvalue weighted by Gasteiger charge is -2.26. The SMILES string of the molecule is CCCc1nn(C)c2c(=O)n(CCOc3ccc(CC(C)(Oc4ccccc4)C(=O)O)cc3)c(CCC)nc12. The molecule has 0 aliphatic heterocycles. The van der Waals surface area contributed by atoms with E-state index in [0.717, 1.165) is 36.3 Å². The van der Waals surface area contributed by atoms with E-state index >= 15 is 0 Å². The fourth-order valence-electron chi connectivity index (χ4n) is 4.66. The molecule has 4 rings (SSSR count). The number of aliphatic carboxylic acids is 1. The van der Waals surface area contributed by atoms with Crippen molar-refractivity contribution >= 4 is 17.0 Å². The highest BCUT2D eigenvalue weighted by Gasteiger charge is 2.36. The lowest BCUT2D eigenvalue weighted by atomic mass is 9.96. The molecule has 9 heteroatoms. The van der Waals surface area contributed by atoms with Gasteiger partial charge in [0.2, 0.25) is 5.60 Å². The Bertz CT molecular complexity index is 1480. The second-order valence-corrected chi connectivity index (χ2v) is 9.87. The number of hydrogen-bond donors (Lipinski definition) is 1. The van der Waals surface area contributed by atoms with Gasteiger partial charge in [0.1, 0.15) is 29.4 Å². The summed E-state index contributed by atoms with van der Waals surface area (Å²) >= 11 is 0. The summed E-state index contributed by atoms with van der Waals surface area (Å²) in [4.78, 5) is 30.3. The Morgan fingerprint density at radius 2 is 1.69 bits per heavy atom. The molecule has 0 fully saturated rings. The monoisotopic (exact) mass is 532 g/mol. The molecule has 206 valence electrons. The average molecular weight is 533 g/mol. The zero-order chi connectivity index (χ0) is 28.0. The van der Waals surface area contributed by atoms with Crippen molar-refractivity contribution in [3.05, 3.63) is 82.0 Å². The zero-order valence-electron chi connectivity index (χ0n) is 23.0. The Morgan fingerprint density at radius 1 is 1.00 bits per heavy atom. The Morgan fingerprint density at radius 3 is 2.33 bits per heavy atom. The first-order valence-electron chi connectivity index (χ1n) is 13.4. The van der Waals surface area contributed by atoms with Crippen LogP contribution in [-0.2, 0) is 37.6 Å². The number of ether oxygens (including phenoxy) is 2. The first-order valence-corrected chi connectivity index (χ1v) is 13.4. The van der Waals surface area contributed by atoms with Crippen LogP contribution in [0.1, 0.15) is 50.7 Å². The molecule has 1 atom stereocenters. The van der Waals surface area contributed by atoms with E-state index in [9.17, 15) is 14.7 Å². The van der Waals surface area contributed by atoms with Crippen LogP contribution in [-0.4, -0.2) is 42.6 Å². The third-order valence-electron chi connectivity index (χ3n) is 6.64. The Hall–Kier alpha value is -4.14. The van der Waals surface area contributed by atoms with Crippen molar-refractivity contribution in [1.82, 2.24) is 19.3 Å². The predicted octanol–water partition coefficient (Wildman–Crippen LogP) is 4.58. The van der Waals surface area contributed by atoms with E-state index in [4.69, 9.17) is 14.5 Å². The van der Waals surface area contributed by atoms with Crippen molar-refractivity contribution in [3.63, 3.8) is 0 Å². The summed E-state index contributed by atoms with van der Waals surface area (Å²) in [5.74, 6) is 0.830. The van der Waals surface area contributed by atoms with Gasteiger partial charge in [0.05, 0.1) is 12.2 Å². The number of para-hydroxylation sites is 1. The van der Waals surface area contributed by atoms with Crippen LogP contribution in [0.15, 0.2) is 59.4 Å². The second-order valence-electron chi connectivity index (χ2n) is 9.87. The minimum atomic E-state index is -1.42. The van der Waals surface area contributed by atoms with Gasteiger partial charge in [0.25, 0.3) is 5.56 Å². The Balaban J connectivity index is 1.45. The van der Waals surface area contributed by atoms with Crippen molar-refractivity contribution in [2.45, 2.75) is 65.0 Å². The number of carbonyl (C=O) groups is 1. The molecule has 0 radical (unpaired) electrons. The molecule has 1 N–H and O–H groups in total. The van der Waals surface area contributed by atoms with Gasteiger partial charge in [-0.1, -0.05) is 50.6 Å². The highest BCUT2D eigenvalue weighted by atomic mass is 16.5. The van der Waals surface area contributed by atoms with Gasteiger partial charge in [-0.25, -0.2) is 9.78 Å². The number of aromatic nitrogens is 4. The number of carboxylic acids is 1. The molecule has 0 saturated carbocycles. The smallest absolute Gasteiger partial charge is 0.348 e. The van der Waals surface area contributed by atoms with E-state index in [0.29, 0.717) is 35.5 Å². The molecule has 0 spiro atoms. The topological polar surface area (TPSA) is 108 Å². The van der Waals surface area contributed by atoms with Gasteiger partial charge in [-0.2, -0.15) is 5.10 Å². The number of fused-ring (bicyclic) bond motifs is 1. The summed E-state index contributed by atoms with van der Waals surface area (Å²) in [6.07, 6.45) is 3.45. The van der Waals surface area contributed by atoms with E-state index in [2.05, 4.69) is 18.9 Å². The van der Waals surface area contributed by atoms with Gasteiger partial charge in [-0.3, -0.25) is 14.0 Å². The minimum absolute atomic E-state index is 0.105. The maximum Gasteiger partial charge on any atom is 0.348 e. The fourth-order valence-corrected chi connectivity index (χ4v) is 4.66. The number of nitrogens with zero attached hydrogens (tertiary/aromatic N) is 4. The van der Waals surface area contributed by atoms with Crippen molar-refractivity contribution in [2.24, 2.45) is 7.05 Å². The molecule has 0 saturated heterocycles. The molecule has 2 aromatic heterocycles. The normalized spacial score (nSPS) is 12.8. The van der Waals surface area contributed by atoms with Gasteiger partial charge >= 0.3 is 5.97 Å². The highest BCUT2D eigenvalue weighted by Crippen LogP contribution is 2.24. The van der Waals surface area contributed by atoms with E-state index in [1.165, 1.54) is 0 Å². The number of benzene rings is 2. The van der Waals surface area contributed by atoms with Crippen LogP contribution >= 0.6 is 0 Å². The molecule has 1 unspecified atom stereocenters. The first-order chi connectivity index (χ1) is 18.8. The molecule has 0 aliphatic rings. The van der Waals surface area contributed by atoms with Crippen LogP contribution in [0.25, 0.3) is 11.0 Å². The number of rotatable bonds is 13. The molecule has 0 aliphatic carbocycles. The van der Waals surface area contributed by atoms with Gasteiger partial charge in [0, 0.05) is 19.9 Å². The molecule has 4 aromatic rings. The lowest BCUT2D eigenvalue weighted by molar-refractivity contribution is -0.153. The molecule has 2 aromatic carbocycles. The van der Waals surface area contributed by atoms with Gasteiger partial charge in [0.15, 0.2) is 5.52 Å². The van der Waals surface area contributed by atoms with Crippen LogP contribution in [0.3, 0.4) is 0 Å². The van der Waals surface area contributed by atoms with Crippen LogP contribution in [0.5, 0.6) is 11.5 Å². The minimum Gasteiger partial charge on any atom is -0.492 e. The summed E-state index contributed by atoms with van der Waals surface area (Å²) in [6.45, 7) is 6.36. The van der Waals surface area contributed by atoms with Crippen molar-refractivity contribution in [1.29, 1.82) is 0 Å². The summed E-state index contributed by atoms with van der Waals surface area (Å²) in [6, 6.07) is 16.2. The zero-order valence-corrected chi connectivity index (χ0v) is 23.0. The lowest BCUT2D eigenvalue weighted by Crippen LogP contribution is -2.43. The maximum absolute atomic E-state index is 13.4. The van der Waals surface area contributed by atoms with Crippen molar-refractivity contribution < 1.29 is 19.4 Å². The van der Waals surface area contributed by atoms with Crippen molar-refractivity contribution in [2.75, 3.05) is 6.61 Å². The molecular formula is C30H36N4O5. The van der Waals surface area contributed by atoms with E-state index in [1.807, 2.05) is 18.2 Å². The van der Waals surface area contributed by atoms with Gasteiger partial charge in [-0.15, -0.1) is 0 Å². The van der Waals surface area contributed by atoms with E-state index < -0.39 is 11.6 Å². The Kier molecular flexibility index (Phi) is 8.69. The van der Waals surface area contributed by atoms with E-state index in [-0.39, 0.29) is 18.6 Å². The molecule has 0 amide bonds. The van der Waals surface area contributed by atoms with Gasteiger partial charge < -0.3 is 14.6 Å². The largest absolute Gasteiger partial charge is 0.492 e. The summed E-state index contributed by atoms with van der Waals surface area (Å²) in [7, 11) is 1.78. The molecule has 39 heavy (non-hydrogen) atoms. The third kappa shape index (κ3) is 6.30. The summed E-state index contributed by atoms with van der Waals surface area (Å²) in [5, 5.41) is 14.4. The number of aryl methyl sites for hydroxylation is 3. The second kappa shape index (κ2) is 12.1. The van der Waals surface area contributed by atoms with E-state index in [1.54, 1.807) is 59.6 Å². The summed E-state index contributed by atoms with van der Waals surface area (Å²) in [5.41, 5.74) is 1.35. The van der Waals surface area contributed by atoms with Crippen LogP contribution in [0.2, 0.25) is 0 Å². The van der Waals surface area contributed by atoms with Crippen LogP contribution in [0, 0.1) is 0 Å². The number of hydrogen-bond acceptors (Lipinski definition) is 6. The average Bonchev–Trinajstić information content (AvgIpc) is 3.22. The van der Waals surface area contributed by atoms with Gasteiger partial charge in [-0.05, 0) is 49.6 Å². The standard InChI is InChI=1S/C30H36N4O5/c1-5-10-24-26-27(33(4)32-24)28(35)34(25(31-26)11-6-2)18-19-38-22-16-14-21(15-17-22)20-30(3,29(36)37)39-23-12-8-7-9-13-23/h7-9,12-17H,5-6,10-11,18-20H2,1-4H3,(H,36,37). The number of carboxylic acid groups (broad SMARTS) is 1. The van der Waals surface area contributed by atoms with Crippen LogP contribution in [0.4, 0.5) is 0 Å². The maximum atomic E-state index is 13.4. The Labute approximate surface area is 228 Å². The molecule has 0 bridgehead atoms. The van der Waals surface area contributed by atoms with Crippen molar-refractivity contribution in [3.8, 4) is 11.5 Å². The molecular weight excluding hydrogens is 496 g/mol. The first kappa shape index (κ1) is 27.9. The molecule has 9 nitrogen and oxygen atoms in total. The predicted molar refractivity (Wildman–Crippen MR) is 150 cm³/mol. The fraction of sp³-hybridized carbons (Fsp3) is 0.400. The third-order valence-corrected chi connectivity index (χ3v) is 6.64. The summed E-state index contributed by atoms with van der Waals surface area (Å²) < 4.78 is 15.1.